The van der Waals surface area contributed by atoms with Gasteiger partial charge in [0.15, 0.2) is 0 Å². The number of nitrogens with one attached hydrogen (secondary N) is 2. The fourth-order valence-electron chi connectivity index (χ4n) is 1.97. The molecule has 0 saturated carbocycles. The third kappa shape index (κ3) is 5.21. The van der Waals surface area contributed by atoms with E-state index in [1.165, 1.54) is 0 Å². The van der Waals surface area contributed by atoms with Crippen LogP contribution in [0.4, 0.5) is 4.79 Å². The SMILES string of the molecule is CCCC(NC(=O)NC(CCC)c1cccs1)C(=O)O. The highest BCUT2D eigenvalue weighted by Gasteiger charge is 2.21. The van der Waals surface area contributed by atoms with Crippen molar-refractivity contribution in [2.24, 2.45) is 0 Å². The topological polar surface area (TPSA) is 78.4 Å². The van der Waals surface area contributed by atoms with E-state index >= 15 is 0 Å². The van der Waals surface area contributed by atoms with Crippen molar-refractivity contribution in [1.29, 1.82) is 0 Å². The second kappa shape index (κ2) is 8.58. The molecule has 112 valence electrons. The lowest BCUT2D eigenvalue weighted by molar-refractivity contribution is -0.139. The van der Waals surface area contributed by atoms with Crippen molar-refractivity contribution in [3.8, 4) is 0 Å². The molecule has 0 aromatic carbocycles. The maximum atomic E-state index is 11.9. The number of carbonyl (C=O) groups is 2. The van der Waals surface area contributed by atoms with Crippen molar-refractivity contribution >= 4 is 23.3 Å². The van der Waals surface area contributed by atoms with Gasteiger partial charge in [-0.2, -0.15) is 0 Å². The highest BCUT2D eigenvalue weighted by atomic mass is 32.1. The third-order valence-electron chi connectivity index (χ3n) is 2.95. The summed E-state index contributed by atoms with van der Waals surface area (Å²) in [5.41, 5.74) is 0. The van der Waals surface area contributed by atoms with Crippen molar-refractivity contribution in [2.75, 3.05) is 0 Å². The second-order valence-electron chi connectivity index (χ2n) is 4.65. The number of urea groups is 1. The smallest absolute Gasteiger partial charge is 0.326 e. The van der Waals surface area contributed by atoms with Gasteiger partial charge in [-0.15, -0.1) is 11.3 Å². The zero-order valence-electron chi connectivity index (χ0n) is 11.9. The number of amides is 2. The first kappa shape index (κ1) is 16.5. The Bertz CT molecular complexity index is 420. The van der Waals surface area contributed by atoms with Crippen molar-refractivity contribution in [3.05, 3.63) is 22.4 Å². The van der Waals surface area contributed by atoms with E-state index < -0.39 is 18.0 Å². The Morgan fingerprint density at radius 2 is 1.95 bits per heavy atom. The monoisotopic (exact) mass is 298 g/mol. The van der Waals surface area contributed by atoms with Gasteiger partial charge in [-0.05, 0) is 24.3 Å². The maximum Gasteiger partial charge on any atom is 0.326 e. The van der Waals surface area contributed by atoms with Crippen LogP contribution in [0, 0.1) is 0 Å². The number of rotatable bonds is 8. The normalized spacial score (nSPS) is 13.5. The molecule has 0 radical (unpaired) electrons. The molecule has 0 aliphatic rings. The molecule has 2 atom stereocenters. The minimum Gasteiger partial charge on any atom is -0.480 e. The fraction of sp³-hybridized carbons (Fsp3) is 0.571. The molecule has 20 heavy (non-hydrogen) atoms. The highest BCUT2D eigenvalue weighted by Crippen LogP contribution is 2.23. The van der Waals surface area contributed by atoms with Crippen LogP contribution in [0.1, 0.15) is 50.4 Å². The first-order valence-corrected chi connectivity index (χ1v) is 7.79. The molecule has 6 heteroatoms. The molecule has 0 aliphatic carbocycles. The van der Waals surface area contributed by atoms with Crippen LogP contribution in [0.2, 0.25) is 0 Å². The molecule has 2 amide bonds. The van der Waals surface area contributed by atoms with Crippen LogP contribution in [-0.4, -0.2) is 23.1 Å². The number of thiophene rings is 1. The molecule has 1 aromatic rings. The maximum absolute atomic E-state index is 11.9. The Balaban J connectivity index is 2.59. The number of aliphatic carboxylic acids is 1. The van der Waals surface area contributed by atoms with E-state index in [1.54, 1.807) is 11.3 Å². The van der Waals surface area contributed by atoms with E-state index in [1.807, 2.05) is 24.4 Å². The van der Waals surface area contributed by atoms with Crippen LogP contribution < -0.4 is 10.6 Å². The van der Waals surface area contributed by atoms with E-state index in [0.717, 1.165) is 17.7 Å². The van der Waals surface area contributed by atoms with Crippen LogP contribution in [-0.2, 0) is 4.79 Å². The number of carbonyl (C=O) groups excluding carboxylic acids is 1. The van der Waals surface area contributed by atoms with Gasteiger partial charge in [0.05, 0.1) is 6.04 Å². The lowest BCUT2D eigenvalue weighted by atomic mass is 10.1. The summed E-state index contributed by atoms with van der Waals surface area (Å²) in [6.07, 6.45) is 2.92. The zero-order chi connectivity index (χ0) is 15.0. The van der Waals surface area contributed by atoms with Gasteiger partial charge in [0.1, 0.15) is 6.04 Å². The predicted octanol–water partition coefficient (Wildman–Crippen LogP) is 3.14. The minimum atomic E-state index is -0.995. The van der Waals surface area contributed by atoms with Crippen molar-refractivity contribution in [3.63, 3.8) is 0 Å². The largest absolute Gasteiger partial charge is 0.480 e. The van der Waals surface area contributed by atoms with Gasteiger partial charge in [-0.3, -0.25) is 0 Å². The van der Waals surface area contributed by atoms with Crippen LogP contribution in [0.5, 0.6) is 0 Å². The zero-order valence-corrected chi connectivity index (χ0v) is 12.7. The van der Waals surface area contributed by atoms with Gasteiger partial charge in [0, 0.05) is 4.88 Å². The summed E-state index contributed by atoms with van der Waals surface area (Å²) < 4.78 is 0. The molecule has 1 heterocycles. The van der Waals surface area contributed by atoms with E-state index in [9.17, 15) is 9.59 Å². The molecule has 0 saturated heterocycles. The molecule has 1 aromatic heterocycles. The highest BCUT2D eigenvalue weighted by molar-refractivity contribution is 7.10. The summed E-state index contributed by atoms with van der Waals surface area (Å²) in [7, 11) is 0. The first-order chi connectivity index (χ1) is 9.58. The Morgan fingerprint density at radius 1 is 1.25 bits per heavy atom. The summed E-state index contributed by atoms with van der Waals surface area (Å²) in [6.45, 7) is 3.94. The van der Waals surface area contributed by atoms with Crippen molar-refractivity contribution in [2.45, 2.75) is 51.6 Å². The molecule has 2 unspecified atom stereocenters. The van der Waals surface area contributed by atoms with Gasteiger partial charge >= 0.3 is 12.0 Å². The number of hydrogen-bond acceptors (Lipinski definition) is 3. The third-order valence-corrected chi connectivity index (χ3v) is 3.94. The average molecular weight is 298 g/mol. The van der Waals surface area contributed by atoms with Gasteiger partial charge in [-0.25, -0.2) is 9.59 Å². The molecule has 0 aliphatic heterocycles. The van der Waals surface area contributed by atoms with Gasteiger partial charge < -0.3 is 15.7 Å². The molecule has 3 N–H and O–H groups in total. The molecular formula is C14H22N2O3S. The quantitative estimate of drug-likeness (QED) is 0.690. The standard InChI is InChI=1S/C14H22N2O3S/c1-3-6-10(12-8-5-9-20-12)15-14(19)16-11(7-4-2)13(17)18/h5,8-11H,3-4,6-7H2,1-2H3,(H,17,18)(H2,15,16,19). The van der Waals surface area contributed by atoms with Crippen molar-refractivity contribution in [1.82, 2.24) is 10.6 Å². The van der Waals surface area contributed by atoms with Crippen molar-refractivity contribution < 1.29 is 14.7 Å². The summed E-state index contributed by atoms with van der Waals surface area (Å²) in [6, 6.07) is 2.62. The predicted molar refractivity (Wildman–Crippen MR) is 80.0 cm³/mol. The lowest BCUT2D eigenvalue weighted by Gasteiger charge is -2.19. The summed E-state index contributed by atoms with van der Waals surface area (Å²) >= 11 is 1.59. The molecular weight excluding hydrogens is 276 g/mol. The Kier molecular flexibility index (Phi) is 7.08. The second-order valence-corrected chi connectivity index (χ2v) is 5.63. The van der Waals surface area contributed by atoms with E-state index in [4.69, 9.17) is 5.11 Å². The van der Waals surface area contributed by atoms with Gasteiger partial charge in [0.2, 0.25) is 0 Å². The fourth-order valence-corrected chi connectivity index (χ4v) is 2.78. The molecule has 0 bridgehead atoms. The summed E-state index contributed by atoms with van der Waals surface area (Å²) in [5.74, 6) is -0.995. The average Bonchev–Trinajstić information content (AvgIpc) is 2.91. The Morgan fingerprint density at radius 3 is 2.45 bits per heavy atom. The van der Waals surface area contributed by atoms with Crippen LogP contribution in [0.25, 0.3) is 0 Å². The molecule has 1 rings (SSSR count). The molecule has 0 fully saturated rings. The van der Waals surface area contributed by atoms with Crippen LogP contribution in [0.15, 0.2) is 17.5 Å². The minimum absolute atomic E-state index is 0.0592. The van der Waals surface area contributed by atoms with Gasteiger partial charge in [-0.1, -0.05) is 32.8 Å². The van der Waals surface area contributed by atoms with Gasteiger partial charge in [0.25, 0.3) is 0 Å². The molecule has 5 nitrogen and oxygen atoms in total. The molecule has 0 spiro atoms. The van der Waals surface area contributed by atoms with E-state index in [2.05, 4.69) is 17.6 Å². The Labute approximate surface area is 123 Å². The lowest BCUT2D eigenvalue weighted by Crippen LogP contribution is -2.46. The van der Waals surface area contributed by atoms with E-state index in [0.29, 0.717) is 12.8 Å². The van der Waals surface area contributed by atoms with Crippen LogP contribution in [0.3, 0.4) is 0 Å². The van der Waals surface area contributed by atoms with E-state index in [-0.39, 0.29) is 6.04 Å². The summed E-state index contributed by atoms with van der Waals surface area (Å²) in [4.78, 5) is 24.0. The number of carboxylic acid groups (broad SMARTS) is 1. The number of hydrogen-bond donors (Lipinski definition) is 3. The Hall–Kier alpha value is -1.56. The number of carboxylic acids is 1. The van der Waals surface area contributed by atoms with Crippen LogP contribution >= 0.6 is 11.3 Å². The first-order valence-electron chi connectivity index (χ1n) is 6.91. The summed E-state index contributed by atoms with van der Waals surface area (Å²) in [5, 5.41) is 16.4.